The smallest absolute Gasteiger partial charge is 0.249 e. The van der Waals surface area contributed by atoms with Crippen LogP contribution in [0.1, 0.15) is 44.9 Å². The highest BCUT2D eigenvalue weighted by atomic mass is 16.5. The molecule has 0 bridgehead atoms. The lowest BCUT2D eigenvalue weighted by molar-refractivity contribution is -0.128. The molecule has 0 unspecified atom stereocenters. The van der Waals surface area contributed by atoms with Gasteiger partial charge in [0.25, 0.3) is 0 Å². The summed E-state index contributed by atoms with van der Waals surface area (Å²) in [5, 5.41) is 11.4. The van der Waals surface area contributed by atoms with Crippen LogP contribution in [0.2, 0.25) is 0 Å². The van der Waals surface area contributed by atoms with Crippen molar-refractivity contribution in [2.24, 2.45) is 0 Å². The van der Waals surface area contributed by atoms with Crippen molar-refractivity contribution < 1.29 is 14.3 Å². The van der Waals surface area contributed by atoms with E-state index in [0.717, 1.165) is 17.5 Å². The van der Waals surface area contributed by atoms with Gasteiger partial charge in [0.2, 0.25) is 11.8 Å². The van der Waals surface area contributed by atoms with Gasteiger partial charge >= 0.3 is 0 Å². The number of benzene rings is 3. The average Bonchev–Trinajstić information content (AvgIpc) is 3.28. The van der Waals surface area contributed by atoms with Crippen molar-refractivity contribution in [3.05, 3.63) is 83.9 Å². The molecule has 1 atom stereocenters. The number of ether oxygens (including phenoxy) is 1. The maximum atomic E-state index is 14.1. The number of amides is 2. The van der Waals surface area contributed by atoms with E-state index in [1.54, 1.807) is 36.1 Å². The van der Waals surface area contributed by atoms with Crippen LogP contribution < -0.4 is 15.0 Å². The van der Waals surface area contributed by atoms with Crippen molar-refractivity contribution in [1.29, 1.82) is 0 Å². The molecule has 37 heavy (non-hydrogen) atoms. The normalized spacial score (nSPS) is 12.2. The highest BCUT2D eigenvalue weighted by Gasteiger charge is 2.35. The lowest BCUT2D eigenvalue weighted by Gasteiger charge is -2.34. The lowest BCUT2D eigenvalue weighted by Crippen LogP contribution is -2.50. The van der Waals surface area contributed by atoms with Gasteiger partial charge in [-0.2, -0.15) is 0 Å². The van der Waals surface area contributed by atoms with E-state index in [-0.39, 0.29) is 18.4 Å². The van der Waals surface area contributed by atoms with Crippen molar-refractivity contribution in [1.82, 2.24) is 20.3 Å². The van der Waals surface area contributed by atoms with Gasteiger partial charge in [0.05, 0.1) is 12.6 Å². The zero-order valence-corrected chi connectivity index (χ0v) is 21.9. The number of aryl methyl sites for hydroxylation is 1. The molecule has 0 radical (unpaired) electrons. The Morgan fingerprint density at radius 1 is 1.03 bits per heavy atom. The van der Waals surface area contributed by atoms with E-state index in [0.29, 0.717) is 22.5 Å². The number of carbonyl (C=O) groups is 2. The van der Waals surface area contributed by atoms with Crippen LogP contribution >= 0.6 is 0 Å². The summed E-state index contributed by atoms with van der Waals surface area (Å²) >= 11 is 0. The summed E-state index contributed by atoms with van der Waals surface area (Å²) in [6.45, 7) is 7.74. The van der Waals surface area contributed by atoms with Crippen LogP contribution in [0.25, 0.3) is 11.0 Å². The predicted molar refractivity (Wildman–Crippen MR) is 144 cm³/mol. The van der Waals surface area contributed by atoms with Gasteiger partial charge in [-0.25, -0.2) is 4.68 Å². The first kappa shape index (κ1) is 25.9. The first-order chi connectivity index (χ1) is 17.7. The number of para-hydroxylation sites is 1. The summed E-state index contributed by atoms with van der Waals surface area (Å²) in [6.07, 6.45) is 0.872. The standard InChI is InChI=1S/C29H33N5O3/c1-6-20-14-16-21(17-15-20)27(28(36)30-29(2,3)4)34(22-10-9-11-23(18-22)37-5)26(35)19-33-25-13-8-7-12-24(25)31-32-33/h7-18,27H,6,19H2,1-5H3,(H,30,36)/t27-/m0/s1. The van der Waals surface area contributed by atoms with Crippen LogP contribution in [0.5, 0.6) is 5.75 Å². The third-order valence-electron chi connectivity index (χ3n) is 6.01. The first-order valence-corrected chi connectivity index (χ1v) is 12.4. The Balaban J connectivity index is 1.83. The summed E-state index contributed by atoms with van der Waals surface area (Å²) < 4.78 is 7.00. The summed E-state index contributed by atoms with van der Waals surface area (Å²) in [7, 11) is 1.57. The van der Waals surface area contributed by atoms with E-state index in [2.05, 4.69) is 22.6 Å². The molecule has 1 N–H and O–H groups in total. The Kier molecular flexibility index (Phi) is 7.57. The molecular weight excluding hydrogens is 466 g/mol. The molecule has 0 saturated heterocycles. The molecule has 0 aliphatic rings. The average molecular weight is 500 g/mol. The topological polar surface area (TPSA) is 89.4 Å². The van der Waals surface area contributed by atoms with E-state index >= 15 is 0 Å². The van der Waals surface area contributed by atoms with Crippen LogP contribution in [0.4, 0.5) is 5.69 Å². The van der Waals surface area contributed by atoms with Crippen molar-refractivity contribution in [2.75, 3.05) is 12.0 Å². The zero-order chi connectivity index (χ0) is 26.6. The molecule has 1 heterocycles. The number of aromatic nitrogens is 3. The van der Waals surface area contributed by atoms with Crippen molar-refractivity contribution in [3.8, 4) is 5.75 Å². The molecule has 8 heteroatoms. The first-order valence-electron chi connectivity index (χ1n) is 12.4. The van der Waals surface area contributed by atoms with Gasteiger partial charge in [-0.3, -0.25) is 14.5 Å². The van der Waals surface area contributed by atoms with E-state index < -0.39 is 11.6 Å². The van der Waals surface area contributed by atoms with Gasteiger partial charge in [-0.15, -0.1) is 5.10 Å². The molecule has 8 nitrogen and oxygen atoms in total. The highest BCUT2D eigenvalue weighted by molar-refractivity contribution is 6.01. The fourth-order valence-electron chi connectivity index (χ4n) is 4.23. The molecule has 2 amide bonds. The van der Waals surface area contributed by atoms with E-state index in [1.165, 1.54) is 4.90 Å². The second-order valence-corrected chi connectivity index (χ2v) is 9.94. The number of methoxy groups -OCH3 is 1. The molecule has 4 rings (SSSR count). The second kappa shape index (κ2) is 10.8. The van der Waals surface area contributed by atoms with Crippen molar-refractivity contribution in [3.63, 3.8) is 0 Å². The molecule has 4 aromatic rings. The molecule has 1 aromatic heterocycles. The zero-order valence-electron chi connectivity index (χ0n) is 21.9. The number of fused-ring (bicyclic) bond motifs is 1. The van der Waals surface area contributed by atoms with E-state index in [9.17, 15) is 9.59 Å². The fraction of sp³-hybridized carbons (Fsp3) is 0.310. The van der Waals surface area contributed by atoms with Crippen LogP contribution in [0.3, 0.4) is 0 Å². The molecule has 192 valence electrons. The SMILES string of the molecule is CCc1ccc([C@@H](C(=O)NC(C)(C)C)N(C(=O)Cn2nnc3ccccc32)c2cccc(OC)c2)cc1. The number of rotatable bonds is 8. The molecule has 0 fully saturated rings. The Labute approximate surface area is 217 Å². The summed E-state index contributed by atoms with van der Waals surface area (Å²) in [5.74, 6) is -0.00767. The summed E-state index contributed by atoms with van der Waals surface area (Å²) in [6, 6.07) is 21.5. The van der Waals surface area contributed by atoms with Gasteiger partial charge in [0.15, 0.2) is 0 Å². The van der Waals surface area contributed by atoms with Gasteiger partial charge in [-0.05, 0) is 62.6 Å². The van der Waals surface area contributed by atoms with Gasteiger partial charge < -0.3 is 10.1 Å². The van der Waals surface area contributed by atoms with Crippen LogP contribution in [-0.4, -0.2) is 39.5 Å². The van der Waals surface area contributed by atoms with Crippen LogP contribution in [0, 0.1) is 0 Å². The second-order valence-electron chi connectivity index (χ2n) is 9.94. The van der Waals surface area contributed by atoms with Gasteiger partial charge in [0.1, 0.15) is 23.9 Å². The summed E-state index contributed by atoms with van der Waals surface area (Å²) in [4.78, 5) is 29.4. The maximum Gasteiger partial charge on any atom is 0.249 e. The van der Waals surface area contributed by atoms with Crippen molar-refractivity contribution in [2.45, 2.75) is 52.2 Å². The Bertz CT molecular complexity index is 1390. The third-order valence-corrected chi connectivity index (χ3v) is 6.01. The Morgan fingerprint density at radius 3 is 2.43 bits per heavy atom. The molecule has 3 aromatic carbocycles. The minimum Gasteiger partial charge on any atom is -0.497 e. The van der Waals surface area contributed by atoms with Crippen molar-refractivity contribution >= 4 is 28.5 Å². The number of carbonyl (C=O) groups excluding carboxylic acids is 2. The fourth-order valence-corrected chi connectivity index (χ4v) is 4.23. The van der Waals surface area contributed by atoms with E-state index in [1.807, 2.05) is 69.3 Å². The molecule has 0 aliphatic carbocycles. The number of nitrogens with zero attached hydrogens (tertiary/aromatic N) is 4. The Morgan fingerprint density at radius 2 is 1.76 bits per heavy atom. The number of nitrogens with one attached hydrogen (secondary N) is 1. The number of anilines is 1. The largest absolute Gasteiger partial charge is 0.497 e. The minimum atomic E-state index is -0.917. The quantitative estimate of drug-likeness (QED) is 0.380. The number of hydrogen-bond donors (Lipinski definition) is 1. The minimum absolute atomic E-state index is 0.0932. The maximum absolute atomic E-state index is 14.1. The summed E-state index contributed by atoms with van der Waals surface area (Å²) in [5.41, 5.74) is 3.34. The van der Waals surface area contributed by atoms with Gasteiger partial charge in [0, 0.05) is 17.3 Å². The molecular formula is C29H33N5O3. The Hall–Kier alpha value is -4.20. The lowest BCUT2D eigenvalue weighted by atomic mass is 9.99. The van der Waals surface area contributed by atoms with Gasteiger partial charge in [-0.1, -0.05) is 54.6 Å². The van der Waals surface area contributed by atoms with Crippen LogP contribution in [0.15, 0.2) is 72.8 Å². The van der Waals surface area contributed by atoms with E-state index in [4.69, 9.17) is 4.74 Å². The molecule has 0 spiro atoms. The molecule has 0 saturated carbocycles. The molecule has 0 aliphatic heterocycles. The predicted octanol–water partition coefficient (Wildman–Crippen LogP) is 4.69. The monoisotopic (exact) mass is 499 g/mol. The highest BCUT2D eigenvalue weighted by Crippen LogP contribution is 2.31. The van der Waals surface area contributed by atoms with Crippen LogP contribution in [-0.2, 0) is 22.6 Å². The third kappa shape index (κ3) is 5.97. The number of hydrogen-bond acceptors (Lipinski definition) is 5.